The maximum atomic E-state index is 14.6. The number of thiophene rings is 1. The molecule has 11 heteroatoms. The van der Waals surface area contributed by atoms with Crippen molar-refractivity contribution in [2.75, 3.05) is 29.0 Å². The van der Waals surface area contributed by atoms with Crippen LogP contribution in [0, 0.1) is 5.82 Å². The summed E-state index contributed by atoms with van der Waals surface area (Å²) in [6.45, 7) is 1.41. The number of rotatable bonds is 7. The molecule has 1 aliphatic heterocycles. The van der Waals surface area contributed by atoms with Gasteiger partial charge in [0.25, 0.3) is 0 Å². The van der Waals surface area contributed by atoms with Gasteiger partial charge in [-0.25, -0.2) is 14.2 Å². The minimum absolute atomic E-state index is 0.0727. The molecule has 1 aliphatic rings. The number of likely N-dealkylation sites (tertiary alicyclic amines) is 1. The van der Waals surface area contributed by atoms with E-state index in [1.54, 1.807) is 22.4 Å². The first-order chi connectivity index (χ1) is 16.5. The van der Waals surface area contributed by atoms with Crippen LogP contribution >= 0.6 is 11.3 Å². The maximum Gasteiger partial charge on any atom is 0.323 e. The van der Waals surface area contributed by atoms with Crippen molar-refractivity contribution in [3.63, 3.8) is 0 Å². The Morgan fingerprint density at radius 2 is 1.82 bits per heavy atom. The van der Waals surface area contributed by atoms with Crippen LogP contribution in [0.25, 0.3) is 0 Å². The molecule has 34 heavy (non-hydrogen) atoms. The number of nitrogens with one attached hydrogen (secondary N) is 3. The molecule has 3 N–H and O–H groups in total. The molecule has 1 saturated heterocycles. The minimum atomic E-state index is -0.708. The lowest BCUT2D eigenvalue weighted by molar-refractivity contribution is -0.123. The van der Waals surface area contributed by atoms with Crippen molar-refractivity contribution < 1.29 is 23.5 Å². The summed E-state index contributed by atoms with van der Waals surface area (Å²) in [5, 5.41) is 10.2. The highest BCUT2D eigenvalue weighted by molar-refractivity contribution is 7.14. The van der Waals surface area contributed by atoms with Gasteiger partial charge in [-0.05, 0) is 48.6 Å². The summed E-state index contributed by atoms with van der Waals surface area (Å²) in [5.74, 6) is -1.25. The molecular weight excluding hydrogens is 461 g/mol. The second-order valence-corrected chi connectivity index (χ2v) is 8.45. The Morgan fingerprint density at radius 1 is 1.03 bits per heavy atom. The van der Waals surface area contributed by atoms with Gasteiger partial charge in [-0.2, -0.15) is 0 Å². The van der Waals surface area contributed by atoms with E-state index in [9.17, 15) is 18.8 Å². The van der Waals surface area contributed by atoms with E-state index in [0.29, 0.717) is 23.9 Å². The molecule has 4 amide bonds. The maximum absolute atomic E-state index is 14.6. The normalized spacial score (nSPS) is 12.8. The lowest BCUT2D eigenvalue weighted by Gasteiger charge is -2.16. The van der Waals surface area contributed by atoms with E-state index in [4.69, 9.17) is 4.74 Å². The summed E-state index contributed by atoms with van der Waals surface area (Å²) >= 11 is 1.34. The first-order valence-corrected chi connectivity index (χ1v) is 11.5. The van der Waals surface area contributed by atoms with Gasteiger partial charge in [-0.3, -0.25) is 14.9 Å². The molecule has 0 atom stereocenters. The Morgan fingerprint density at radius 3 is 2.56 bits per heavy atom. The number of nitrogens with zero attached hydrogens (tertiary/aromatic N) is 2. The lowest BCUT2D eigenvalue weighted by atomic mass is 10.2. The van der Waals surface area contributed by atoms with Crippen LogP contribution < -0.4 is 20.7 Å². The van der Waals surface area contributed by atoms with Crippen LogP contribution in [-0.4, -0.2) is 40.8 Å². The van der Waals surface area contributed by atoms with Crippen LogP contribution in [0.4, 0.5) is 25.7 Å². The van der Waals surface area contributed by atoms with Gasteiger partial charge in [0.15, 0.2) is 11.6 Å². The Hall–Kier alpha value is -3.99. The summed E-state index contributed by atoms with van der Waals surface area (Å²) in [6, 6.07) is 10.2. The smallest absolute Gasteiger partial charge is 0.323 e. The molecule has 176 valence electrons. The largest absolute Gasteiger partial charge is 0.454 e. The average Bonchev–Trinajstić information content (AvgIpc) is 3.50. The van der Waals surface area contributed by atoms with Gasteiger partial charge in [0.2, 0.25) is 11.8 Å². The van der Waals surface area contributed by atoms with Gasteiger partial charge in [-0.15, -0.1) is 11.3 Å². The number of pyridine rings is 1. The molecule has 0 bridgehead atoms. The third kappa shape index (κ3) is 6.29. The van der Waals surface area contributed by atoms with Crippen molar-refractivity contribution in [1.82, 2.24) is 9.88 Å². The van der Waals surface area contributed by atoms with E-state index in [1.165, 1.54) is 41.8 Å². The molecule has 0 radical (unpaired) electrons. The molecule has 0 saturated carbocycles. The number of hydrogen-bond acceptors (Lipinski definition) is 6. The van der Waals surface area contributed by atoms with E-state index < -0.39 is 24.1 Å². The van der Waals surface area contributed by atoms with Gasteiger partial charge in [0, 0.05) is 37.1 Å². The van der Waals surface area contributed by atoms with Gasteiger partial charge in [0.1, 0.15) is 18.0 Å². The zero-order chi connectivity index (χ0) is 23.9. The van der Waals surface area contributed by atoms with E-state index >= 15 is 0 Å². The molecule has 0 unspecified atom stereocenters. The summed E-state index contributed by atoms with van der Waals surface area (Å²) in [4.78, 5) is 42.0. The molecule has 0 spiro atoms. The average molecular weight is 484 g/mol. The highest BCUT2D eigenvalue weighted by Crippen LogP contribution is 2.28. The molecule has 1 aromatic carbocycles. The highest BCUT2D eigenvalue weighted by atomic mass is 32.1. The topological polar surface area (TPSA) is 113 Å². The minimum Gasteiger partial charge on any atom is -0.454 e. The van der Waals surface area contributed by atoms with Crippen LogP contribution in [0.2, 0.25) is 0 Å². The van der Waals surface area contributed by atoms with E-state index in [2.05, 4.69) is 20.9 Å². The van der Waals surface area contributed by atoms with Crippen LogP contribution in [0.1, 0.15) is 19.3 Å². The van der Waals surface area contributed by atoms with Gasteiger partial charge in [-0.1, -0.05) is 0 Å². The summed E-state index contributed by atoms with van der Waals surface area (Å²) in [5.41, 5.74) is 0.187. The first-order valence-electron chi connectivity index (χ1n) is 10.6. The van der Waals surface area contributed by atoms with Crippen LogP contribution in [0.5, 0.6) is 11.5 Å². The van der Waals surface area contributed by atoms with Crippen molar-refractivity contribution in [2.45, 2.75) is 19.3 Å². The Balaban J connectivity index is 1.32. The monoisotopic (exact) mass is 483 g/mol. The standard InChI is InChI=1S/C23H22FN5O4S/c24-17-12-15(26-20(30)14-21(31)28-22-4-3-11-34-22)5-6-18(17)33-16-7-8-25-19(13-16)27-23(32)29-9-1-2-10-29/h3-8,11-13H,1-2,9-10,14H2,(H,26,30)(H,28,31)(H,25,27,32). The van der Waals surface area contributed by atoms with Gasteiger partial charge in [0.05, 0.1) is 5.00 Å². The quantitative estimate of drug-likeness (QED) is 0.423. The fraction of sp³-hybridized carbons (Fsp3) is 0.217. The zero-order valence-electron chi connectivity index (χ0n) is 18.0. The molecule has 1 fully saturated rings. The van der Waals surface area contributed by atoms with Crippen molar-refractivity contribution in [3.05, 3.63) is 59.9 Å². The predicted molar refractivity (Wildman–Crippen MR) is 127 cm³/mol. The number of benzene rings is 1. The van der Waals surface area contributed by atoms with Crippen molar-refractivity contribution in [2.24, 2.45) is 0 Å². The SMILES string of the molecule is O=C(CC(=O)Nc1cccs1)Nc1ccc(Oc2ccnc(NC(=O)N3CCCC3)c2)c(F)c1. The summed E-state index contributed by atoms with van der Waals surface area (Å²) in [7, 11) is 0. The number of anilines is 3. The van der Waals surface area contributed by atoms with Gasteiger partial charge >= 0.3 is 6.03 Å². The van der Waals surface area contributed by atoms with E-state index in [1.807, 2.05) is 0 Å². The fourth-order valence-electron chi connectivity index (χ4n) is 3.32. The predicted octanol–water partition coefficient (Wildman–Crippen LogP) is 4.67. The van der Waals surface area contributed by atoms with Crippen LogP contribution in [0.3, 0.4) is 0 Å². The molecule has 3 aromatic rings. The summed E-state index contributed by atoms with van der Waals surface area (Å²) in [6.07, 6.45) is 2.99. The number of carbonyl (C=O) groups is 3. The number of urea groups is 1. The molecule has 4 rings (SSSR count). The first kappa shape index (κ1) is 23.2. The van der Waals surface area contributed by atoms with Crippen LogP contribution in [0.15, 0.2) is 54.0 Å². The zero-order valence-corrected chi connectivity index (χ0v) is 18.9. The second-order valence-electron chi connectivity index (χ2n) is 7.50. The fourth-order valence-corrected chi connectivity index (χ4v) is 3.96. The van der Waals surface area contributed by atoms with Gasteiger partial charge < -0.3 is 20.3 Å². The van der Waals surface area contributed by atoms with Crippen LogP contribution in [-0.2, 0) is 9.59 Å². The van der Waals surface area contributed by atoms with Crippen molar-refractivity contribution in [1.29, 1.82) is 0 Å². The number of ether oxygens (including phenoxy) is 1. The molecule has 2 aromatic heterocycles. The molecular formula is C23H22FN5O4S. The summed E-state index contributed by atoms with van der Waals surface area (Å²) < 4.78 is 20.2. The molecule has 0 aliphatic carbocycles. The van der Waals surface area contributed by atoms with Crippen molar-refractivity contribution in [3.8, 4) is 11.5 Å². The number of halogens is 1. The lowest BCUT2D eigenvalue weighted by Crippen LogP contribution is -2.32. The number of hydrogen-bond donors (Lipinski definition) is 3. The Labute approximate surface area is 198 Å². The number of carbonyl (C=O) groups excluding carboxylic acids is 3. The molecule has 9 nitrogen and oxygen atoms in total. The number of aromatic nitrogens is 1. The van der Waals surface area contributed by atoms with E-state index in [-0.39, 0.29) is 23.2 Å². The third-order valence-corrected chi connectivity index (χ3v) is 5.69. The Bertz CT molecular complexity index is 1180. The third-order valence-electron chi connectivity index (χ3n) is 4.91. The Kier molecular flexibility index (Phi) is 7.33. The second kappa shape index (κ2) is 10.8. The van der Waals surface area contributed by atoms with Crippen molar-refractivity contribution >= 4 is 45.7 Å². The van der Waals surface area contributed by atoms with E-state index in [0.717, 1.165) is 18.9 Å². The highest BCUT2D eigenvalue weighted by Gasteiger charge is 2.18. The molecule has 3 heterocycles. The number of amides is 4.